The lowest BCUT2D eigenvalue weighted by Gasteiger charge is -2.07. The Morgan fingerprint density at radius 3 is 1.72 bits per heavy atom. The summed E-state index contributed by atoms with van der Waals surface area (Å²) in [6, 6.07) is 0. The molecular formula is C12H28O6. The van der Waals surface area contributed by atoms with Crippen molar-refractivity contribution in [3.63, 3.8) is 0 Å². The van der Waals surface area contributed by atoms with Crippen LogP contribution in [0.1, 0.15) is 39.0 Å². The molecule has 112 valence electrons. The van der Waals surface area contributed by atoms with Gasteiger partial charge in [-0.1, -0.05) is 0 Å². The van der Waals surface area contributed by atoms with Crippen LogP contribution in [0.3, 0.4) is 0 Å². The standard InChI is InChI=1S/2C6H14O3/c1-5(8)2-3-6(9)4-7;7-4-1-2-6(9)3-5-8/h5-9H,2-4H2,1H3;6-9H,1-5H2. The topological polar surface area (TPSA) is 121 Å². The molecule has 0 fully saturated rings. The van der Waals surface area contributed by atoms with E-state index in [1.165, 1.54) is 0 Å². The van der Waals surface area contributed by atoms with Crippen molar-refractivity contribution in [3.05, 3.63) is 0 Å². The van der Waals surface area contributed by atoms with Crippen LogP contribution in [0.4, 0.5) is 0 Å². The minimum absolute atomic E-state index is 0.0204. The van der Waals surface area contributed by atoms with Crippen molar-refractivity contribution in [1.29, 1.82) is 0 Å². The second-order valence-electron chi connectivity index (χ2n) is 4.29. The molecule has 18 heavy (non-hydrogen) atoms. The fraction of sp³-hybridized carbons (Fsp3) is 1.00. The smallest absolute Gasteiger partial charge is 0.0771 e. The minimum Gasteiger partial charge on any atom is -0.396 e. The van der Waals surface area contributed by atoms with Crippen LogP contribution in [0.2, 0.25) is 0 Å². The molecule has 6 N–H and O–H groups in total. The molecule has 0 amide bonds. The van der Waals surface area contributed by atoms with Gasteiger partial charge in [0.05, 0.1) is 24.9 Å². The van der Waals surface area contributed by atoms with Crippen LogP contribution in [-0.4, -0.2) is 68.8 Å². The summed E-state index contributed by atoms with van der Waals surface area (Å²) < 4.78 is 0. The average Bonchev–Trinajstić information content (AvgIpc) is 2.34. The highest BCUT2D eigenvalue weighted by molar-refractivity contribution is 4.55. The quantitative estimate of drug-likeness (QED) is 0.319. The van der Waals surface area contributed by atoms with Crippen LogP contribution in [-0.2, 0) is 0 Å². The van der Waals surface area contributed by atoms with E-state index >= 15 is 0 Å². The highest BCUT2D eigenvalue weighted by atomic mass is 16.3. The summed E-state index contributed by atoms with van der Waals surface area (Å²) in [5, 5.41) is 51.3. The van der Waals surface area contributed by atoms with Crippen molar-refractivity contribution in [1.82, 2.24) is 0 Å². The van der Waals surface area contributed by atoms with Crippen molar-refractivity contribution >= 4 is 0 Å². The molecule has 3 unspecified atom stereocenters. The van der Waals surface area contributed by atoms with Gasteiger partial charge in [0.1, 0.15) is 0 Å². The van der Waals surface area contributed by atoms with Crippen molar-refractivity contribution in [2.75, 3.05) is 19.8 Å². The van der Waals surface area contributed by atoms with E-state index in [0.717, 1.165) is 0 Å². The Kier molecular flexibility index (Phi) is 16.5. The first kappa shape index (κ1) is 20.1. The Balaban J connectivity index is 0. The summed E-state index contributed by atoms with van der Waals surface area (Å²) in [5.41, 5.74) is 0. The third kappa shape index (κ3) is 18.1. The Morgan fingerprint density at radius 1 is 0.722 bits per heavy atom. The predicted molar refractivity (Wildman–Crippen MR) is 68.0 cm³/mol. The molecule has 0 bridgehead atoms. The van der Waals surface area contributed by atoms with E-state index in [-0.39, 0.29) is 25.9 Å². The Bertz CT molecular complexity index is 154. The lowest BCUT2D eigenvalue weighted by atomic mass is 10.1. The van der Waals surface area contributed by atoms with Crippen molar-refractivity contribution in [2.45, 2.75) is 57.3 Å². The van der Waals surface area contributed by atoms with Gasteiger partial charge < -0.3 is 30.6 Å². The first-order valence-electron chi connectivity index (χ1n) is 6.34. The van der Waals surface area contributed by atoms with E-state index < -0.39 is 12.2 Å². The summed E-state index contributed by atoms with van der Waals surface area (Å²) in [7, 11) is 0. The molecule has 6 heteroatoms. The second-order valence-corrected chi connectivity index (χ2v) is 4.29. The molecule has 0 aromatic rings. The molecule has 0 aliphatic rings. The third-order valence-corrected chi connectivity index (χ3v) is 2.29. The van der Waals surface area contributed by atoms with Gasteiger partial charge in [-0.05, 0) is 39.0 Å². The van der Waals surface area contributed by atoms with E-state index in [9.17, 15) is 0 Å². The maximum atomic E-state index is 8.91. The van der Waals surface area contributed by atoms with E-state index in [1.807, 2.05) is 0 Å². The van der Waals surface area contributed by atoms with Gasteiger partial charge in [0.2, 0.25) is 0 Å². The lowest BCUT2D eigenvalue weighted by Crippen LogP contribution is -2.14. The molecule has 0 aliphatic carbocycles. The molecule has 0 spiro atoms. The van der Waals surface area contributed by atoms with Crippen LogP contribution in [0.25, 0.3) is 0 Å². The zero-order valence-corrected chi connectivity index (χ0v) is 11.1. The monoisotopic (exact) mass is 268 g/mol. The fourth-order valence-corrected chi connectivity index (χ4v) is 1.15. The average molecular weight is 268 g/mol. The fourth-order valence-electron chi connectivity index (χ4n) is 1.15. The van der Waals surface area contributed by atoms with Crippen molar-refractivity contribution in [3.8, 4) is 0 Å². The molecule has 0 aromatic carbocycles. The summed E-state index contributed by atoms with van der Waals surface area (Å²) in [6.45, 7) is 1.58. The van der Waals surface area contributed by atoms with Gasteiger partial charge in [-0.3, -0.25) is 0 Å². The zero-order valence-electron chi connectivity index (χ0n) is 11.1. The van der Waals surface area contributed by atoms with Gasteiger partial charge in [-0.2, -0.15) is 0 Å². The van der Waals surface area contributed by atoms with Gasteiger partial charge in [-0.15, -0.1) is 0 Å². The van der Waals surface area contributed by atoms with E-state index in [2.05, 4.69) is 0 Å². The SMILES string of the molecule is CC(O)CCC(O)CO.OCCCC(O)CCO. The van der Waals surface area contributed by atoms with Crippen LogP contribution < -0.4 is 0 Å². The number of hydrogen-bond donors (Lipinski definition) is 6. The highest BCUT2D eigenvalue weighted by Crippen LogP contribution is 1.99. The van der Waals surface area contributed by atoms with E-state index in [4.69, 9.17) is 30.6 Å². The molecule has 0 saturated carbocycles. The summed E-state index contributed by atoms with van der Waals surface area (Å²) >= 11 is 0. The number of aliphatic hydroxyl groups is 6. The molecule has 6 nitrogen and oxygen atoms in total. The van der Waals surface area contributed by atoms with Gasteiger partial charge in [0.15, 0.2) is 0 Å². The Labute approximate surface area is 109 Å². The van der Waals surface area contributed by atoms with Crippen LogP contribution in [0.5, 0.6) is 0 Å². The second kappa shape index (κ2) is 14.8. The molecular weight excluding hydrogens is 240 g/mol. The molecule has 0 aliphatic heterocycles. The highest BCUT2D eigenvalue weighted by Gasteiger charge is 2.03. The van der Waals surface area contributed by atoms with Crippen molar-refractivity contribution < 1.29 is 30.6 Å². The molecule has 3 atom stereocenters. The Hall–Kier alpha value is -0.240. The maximum Gasteiger partial charge on any atom is 0.0771 e. The molecule has 0 rings (SSSR count). The Morgan fingerprint density at radius 2 is 1.33 bits per heavy atom. The minimum atomic E-state index is -0.667. The van der Waals surface area contributed by atoms with E-state index in [1.54, 1.807) is 6.92 Å². The maximum absolute atomic E-state index is 8.91. The summed E-state index contributed by atoms with van der Waals surface area (Å²) in [5.74, 6) is 0. The normalized spacial score (nSPS) is 15.5. The molecule has 0 saturated heterocycles. The number of aliphatic hydroxyl groups excluding tert-OH is 6. The first-order valence-corrected chi connectivity index (χ1v) is 6.34. The van der Waals surface area contributed by atoms with Crippen LogP contribution in [0, 0.1) is 0 Å². The van der Waals surface area contributed by atoms with Gasteiger partial charge in [-0.25, -0.2) is 0 Å². The molecule has 0 aromatic heterocycles. The number of rotatable bonds is 9. The number of hydrogen-bond acceptors (Lipinski definition) is 6. The van der Waals surface area contributed by atoms with Crippen LogP contribution >= 0.6 is 0 Å². The third-order valence-electron chi connectivity index (χ3n) is 2.29. The van der Waals surface area contributed by atoms with Crippen molar-refractivity contribution in [2.24, 2.45) is 0 Å². The van der Waals surface area contributed by atoms with Gasteiger partial charge in [0.25, 0.3) is 0 Å². The van der Waals surface area contributed by atoms with Gasteiger partial charge >= 0.3 is 0 Å². The lowest BCUT2D eigenvalue weighted by molar-refractivity contribution is 0.0717. The largest absolute Gasteiger partial charge is 0.396 e. The first-order chi connectivity index (χ1) is 8.47. The van der Waals surface area contributed by atoms with Gasteiger partial charge in [0, 0.05) is 13.2 Å². The van der Waals surface area contributed by atoms with E-state index in [0.29, 0.717) is 32.1 Å². The summed E-state index contributed by atoms with van der Waals surface area (Å²) in [4.78, 5) is 0. The summed E-state index contributed by atoms with van der Waals surface area (Å²) in [6.07, 6.45) is 1.13. The zero-order chi connectivity index (χ0) is 14.4. The van der Waals surface area contributed by atoms with Crippen LogP contribution in [0.15, 0.2) is 0 Å². The molecule has 0 heterocycles. The predicted octanol–water partition coefficient (Wildman–Crippen LogP) is -0.997. The molecule has 0 radical (unpaired) electrons.